The first kappa shape index (κ1) is 13.7. The van der Waals surface area contributed by atoms with E-state index in [-0.39, 0.29) is 0 Å². The molecule has 0 heterocycles. The summed E-state index contributed by atoms with van der Waals surface area (Å²) in [5.74, 6) is 1.01. The van der Waals surface area contributed by atoms with E-state index in [4.69, 9.17) is 0 Å². The maximum atomic E-state index is 10.5. The summed E-state index contributed by atoms with van der Waals surface area (Å²) < 4.78 is 0. The molecular formula is C16H22O. The summed E-state index contributed by atoms with van der Waals surface area (Å²) in [5.41, 5.74) is 2.46. The molecule has 0 aliphatic rings. The van der Waals surface area contributed by atoms with E-state index >= 15 is 0 Å². The van der Waals surface area contributed by atoms with Crippen molar-refractivity contribution in [1.29, 1.82) is 0 Å². The van der Waals surface area contributed by atoms with Crippen LogP contribution in [0.4, 0.5) is 0 Å². The van der Waals surface area contributed by atoms with Gasteiger partial charge in [-0.05, 0) is 29.4 Å². The van der Waals surface area contributed by atoms with Gasteiger partial charge in [0.2, 0.25) is 0 Å². The predicted molar refractivity (Wildman–Crippen MR) is 74.0 cm³/mol. The first-order valence-electron chi connectivity index (χ1n) is 6.33. The Morgan fingerprint density at radius 2 is 1.94 bits per heavy atom. The minimum absolute atomic E-state index is 0.311. The van der Waals surface area contributed by atoms with Crippen molar-refractivity contribution in [2.75, 3.05) is 0 Å². The molecule has 1 rings (SSSR count). The van der Waals surface area contributed by atoms with Crippen LogP contribution in [0.5, 0.6) is 0 Å². The highest BCUT2D eigenvalue weighted by molar-refractivity contribution is 5.54. The molecule has 1 aromatic rings. The van der Waals surface area contributed by atoms with E-state index in [1.807, 2.05) is 0 Å². The lowest BCUT2D eigenvalue weighted by molar-refractivity contribution is -0.108. The zero-order valence-corrected chi connectivity index (χ0v) is 11.0. The van der Waals surface area contributed by atoms with Crippen LogP contribution in [0.3, 0.4) is 0 Å². The number of hydrogen-bond donors (Lipinski definition) is 0. The normalized spacial score (nSPS) is 13.2. The molecule has 0 radical (unpaired) electrons. The molecule has 0 aliphatic carbocycles. The fourth-order valence-electron chi connectivity index (χ4n) is 1.73. The minimum Gasteiger partial charge on any atom is -0.303 e. The lowest BCUT2D eigenvalue weighted by atomic mass is 9.96. The van der Waals surface area contributed by atoms with E-state index in [1.165, 1.54) is 11.1 Å². The summed E-state index contributed by atoms with van der Waals surface area (Å²) >= 11 is 0. The van der Waals surface area contributed by atoms with Crippen LogP contribution in [0.25, 0.3) is 6.08 Å². The third-order valence-electron chi connectivity index (χ3n) is 2.85. The highest BCUT2D eigenvalue weighted by Gasteiger charge is 2.04. The van der Waals surface area contributed by atoms with Crippen LogP contribution < -0.4 is 0 Å². The van der Waals surface area contributed by atoms with Gasteiger partial charge in [0.15, 0.2) is 0 Å². The highest BCUT2D eigenvalue weighted by atomic mass is 16.1. The van der Waals surface area contributed by atoms with E-state index in [2.05, 4.69) is 57.2 Å². The molecule has 0 aliphatic heterocycles. The molecule has 1 atom stereocenters. The second-order valence-electron chi connectivity index (χ2n) is 5.01. The number of carbonyl (C=O) groups excluding carboxylic acids is 1. The smallest absolute Gasteiger partial charge is 0.120 e. The Labute approximate surface area is 105 Å². The quantitative estimate of drug-likeness (QED) is 0.660. The molecule has 0 spiro atoms. The van der Waals surface area contributed by atoms with Crippen molar-refractivity contribution in [2.45, 2.75) is 39.5 Å². The molecule has 1 unspecified atom stereocenters. The number of aldehydes is 1. The van der Waals surface area contributed by atoms with Gasteiger partial charge in [0.1, 0.15) is 6.29 Å². The summed E-state index contributed by atoms with van der Waals surface area (Å²) in [4.78, 5) is 10.5. The van der Waals surface area contributed by atoms with Gasteiger partial charge in [-0.25, -0.2) is 0 Å². The molecule has 17 heavy (non-hydrogen) atoms. The largest absolute Gasteiger partial charge is 0.303 e. The molecule has 0 saturated carbocycles. The van der Waals surface area contributed by atoms with Crippen LogP contribution in [-0.2, 0) is 4.79 Å². The lowest BCUT2D eigenvalue weighted by Crippen LogP contribution is -1.94. The number of carbonyl (C=O) groups is 1. The average Bonchev–Trinajstić information content (AvgIpc) is 2.29. The predicted octanol–water partition coefficient (Wildman–Crippen LogP) is 4.44. The Morgan fingerprint density at radius 3 is 2.59 bits per heavy atom. The molecule has 0 aromatic heterocycles. The van der Waals surface area contributed by atoms with Gasteiger partial charge in [-0.1, -0.05) is 57.2 Å². The van der Waals surface area contributed by atoms with Crippen LogP contribution >= 0.6 is 0 Å². The van der Waals surface area contributed by atoms with E-state index in [9.17, 15) is 4.79 Å². The van der Waals surface area contributed by atoms with Crippen LogP contribution in [0, 0.1) is 5.92 Å². The van der Waals surface area contributed by atoms with Gasteiger partial charge in [-0.2, -0.15) is 0 Å². The van der Waals surface area contributed by atoms with Crippen molar-refractivity contribution < 1.29 is 4.79 Å². The van der Waals surface area contributed by atoms with Gasteiger partial charge in [-0.15, -0.1) is 0 Å². The third-order valence-corrected chi connectivity index (χ3v) is 2.85. The van der Waals surface area contributed by atoms with Crippen LogP contribution in [0.2, 0.25) is 0 Å². The first-order chi connectivity index (χ1) is 8.13. The minimum atomic E-state index is 0.311. The first-order valence-corrected chi connectivity index (χ1v) is 6.33. The van der Waals surface area contributed by atoms with Crippen LogP contribution in [-0.4, -0.2) is 6.29 Å². The Balaban J connectivity index is 2.71. The molecular weight excluding hydrogens is 208 g/mol. The summed E-state index contributed by atoms with van der Waals surface area (Å²) in [7, 11) is 0. The molecule has 0 N–H and O–H groups in total. The second-order valence-corrected chi connectivity index (χ2v) is 5.01. The average molecular weight is 230 g/mol. The molecule has 1 nitrogen and oxygen atoms in total. The number of benzene rings is 1. The van der Waals surface area contributed by atoms with Gasteiger partial charge in [-0.3, -0.25) is 0 Å². The number of allylic oxidation sites excluding steroid dienone is 1. The Hall–Kier alpha value is -1.37. The molecule has 92 valence electrons. The summed E-state index contributed by atoms with van der Waals surface area (Å²) in [6, 6.07) is 8.43. The molecule has 0 saturated heterocycles. The number of rotatable bonds is 6. The van der Waals surface area contributed by atoms with Gasteiger partial charge in [0.05, 0.1) is 0 Å². The summed E-state index contributed by atoms with van der Waals surface area (Å²) in [6.07, 6.45) is 7.07. The van der Waals surface area contributed by atoms with Crippen molar-refractivity contribution in [3.8, 4) is 0 Å². The van der Waals surface area contributed by atoms with E-state index in [0.29, 0.717) is 18.3 Å². The topological polar surface area (TPSA) is 17.1 Å². The van der Waals surface area contributed by atoms with E-state index in [1.54, 1.807) is 0 Å². The van der Waals surface area contributed by atoms with E-state index in [0.717, 1.165) is 12.7 Å². The molecule has 0 fully saturated rings. The standard InChI is InChI=1S/C16H22O/c1-13(2)6-4-7-15-8-5-9-16(12-15)14(3)10-11-17/h4-5,7-9,11-14H,6,10H2,1-3H3/b7-4+. The fraction of sp³-hybridized carbons (Fsp3) is 0.438. The van der Waals surface area contributed by atoms with Gasteiger partial charge in [0, 0.05) is 6.42 Å². The second kappa shape index (κ2) is 7.05. The Kier molecular flexibility index (Phi) is 5.68. The third kappa shape index (κ3) is 4.99. The van der Waals surface area contributed by atoms with Crippen molar-refractivity contribution >= 4 is 12.4 Å². The number of hydrogen-bond acceptors (Lipinski definition) is 1. The molecule has 0 bridgehead atoms. The van der Waals surface area contributed by atoms with Gasteiger partial charge >= 0.3 is 0 Å². The zero-order valence-electron chi connectivity index (χ0n) is 11.0. The van der Waals surface area contributed by atoms with Crippen LogP contribution in [0.1, 0.15) is 50.7 Å². The Bertz CT molecular complexity index is 377. The summed E-state index contributed by atoms with van der Waals surface area (Å²) in [5, 5.41) is 0. The maximum Gasteiger partial charge on any atom is 0.120 e. The maximum absolute atomic E-state index is 10.5. The van der Waals surface area contributed by atoms with Crippen molar-refractivity contribution in [2.24, 2.45) is 5.92 Å². The fourth-order valence-corrected chi connectivity index (χ4v) is 1.73. The van der Waals surface area contributed by atoms with Crippen molar-refractivity contribution in [3.05, 3.63) is 41.5 Å². The summed E-state index contributed by atoms with van der Waals surface area (Å²) in [6.45, 7) is 6.52. The van der Waals surface area contributed by atoms with Crippen LogP contribution in [0.15, 0.2) is 30.3 Å². The van der Waals surface area contributed by atoms with Crippen molar-refractivity contribution in [1.82, 2.24) is 0 Å². The lowest BCUT2D eigenvalue weighted by Gasteiger charge is -2.08. The molecule has 1 aromatic carbocycles. The van der Waals surface area contributed by atoms with E-state index < -0.39 is 0 Å². The van der Waals surface area contributed by atoms with Gasteiger partial charge < -0.3 is 4.79 Å². The monoisotopic (exact) mass is 230 g/mol. The Morgan fingerprint density at radius 1 is 1.18 bits per heavy atom. The van der Waals surface area contributed by atoms with Gasteiger partial charge in [0.25, 0.3) is 0 Å². The molecule has 0 amide bonds. The van der Waals surface area contributed by atoms with Crippen molar-refractivity contribution in [3.63, 3.8) is 0 Å². The molecule has 1 heteroatoms. The zero-order chi connectivity index (χ0) is 12.7. The SMILES string of the molecule is CC(C)C/C=C/c1cccc(C(C)CC=O)c1. The highest BCUT2D eigenvalue weighted by Crippen LogP contribution is 2.19.